The monoisotopic (exact) mass is 566 g/mol. The van der Waals surface area contributed by atoms with Gasteiger partial charge in [-0.3, -0.25) is 0 Å². The molecule has 6 aliphatic rings. The van der Waals surface area contributed by atoms with Crippen LogP contribution >= 0.6 is 0 Å². The Morgan fingerprint density at radius 3 is 2.14 bits per heavy atom. The minimum atomic E-state index is 0.123. The lowest BCUT2D eigenvalue weighted by Gasteiger charge is -2.64. The van der Waals surface area contributed by atoms with Crippen LogP contribution in [0.1, 0.15) is 49.7 Å². The van der Waals surface area contributed by atoms with Crippen LogP contribution in [0.3, 0.4) is 0 Å². The summed E-state index contributed by atoms with van der Waals surface area (Å²) in [7, 11) is 0. The third-order valence-electron chi connectivity index (χ3n) is 12.8. The molecular weight excluding hydrogens is 531 g/mol. The molecular formula is C41H35BN2. The van der Waals surface area contributed by atoms with E-state index < -0.39 is 0 Å². The van der Waals surface area contributed by atoms with E-state index in [0.717, 1.165) is 23.7 Å². The quantitative estimate of drug-likeness (QED) is 0.185. The molecule has 2 nitrogen and oxygen atoms in total. The fourth-order valence-corrected chi connectivity index (χ4v) is 11.5. The topological polar surface area (TPSA) is 6.48 Å². The van der Waals surface area contributed by atoms with Gasteiger partial charge < -0.3 is 9.80 Å². The predicted molar refractivity (Wildman–Crippen MR) is 183 cm³/mol. The Bertz CT molecular complexity index is 2000. The maximum Gasteiger partial charge on any atom is 0.252 e. The summed E-state index contributed by atoms with van der Waals surface area (Å²) in [6.45, 7) is 0.214. The second kappa shape index (κ2) is 8.48. The Morgan fingerprint density at radius 2 is 1.23 bits per heavy atom. The van der Waals surface area contributed by atoms with Crippen LogP contribution in [-0.2, 0) is 5.41 Å². The van der Waals surface area contributed by atoms with Gasteiger partial charge in [0.05, 0.1) is 5.69 Å². The summed E-state index contributed by atoms with van der Waals surface area (Å²) in [6.07, 6.45) is 8.53. The highest BCUT2D eigenvalue weighted by Gasteiger charge is 2.62. The highest BCUT2D eigenvalue weighted by molar-refractivity contribution is 7.00. The maximum absolute atomic E-state index is 2.69. The van der Waals surface area contributed by atoms with Crippen molar-refractivity contribution in [1.29, 1.82) is 0 Å². The van der Waals surface area contributed by atoms with Crippen molar-refractivity contribution in [1.82, 2.24) is 0 Å². The maximum atomic E-state index is 2.69. The Balaban J connectivity index is 1.24. The van der Waals surface area contributed by atoms with Gasteiger partial charge in [-0.25, -0.2) is 0 Å². The lowest BCUT2D eigenvalue weighted by Crippen LogP contribution is -2.64. The Labute approximate surface area is 260 Å². The van der Waals surface area contributed by atoms with E-state index in [9.17, 15) is 0 Å². The van der Waals surface area contributed by atoms with Crippen molar-refractivity contribution < 1.29 is 0 Å². The van der Waals surface area contributed by atoms with Gasteiger partial charge in [0, 0.05) is 33.9 Å². The Kier molecular flexibility index (Phi) is 4.65. The first-order valence-corrected chi connectivity index (χ1v) is 16.9. The average molecular weight is 567 g/mol. The summed E-state index contributed by atoms with van der Waals surface area (Å²) in [5.41, 5.74) is 15.8. The van der Waals surface area contributed by atoms with Crippen LogP contribution in [-0.4, -0.2) is 6.71 Å². The number of rotatable bonds is 1. The molecule has 0 aromatic heterocycles. The minimum Gasteiger partial charge on any atom is -0.311 e. The van der Waals surface area contributed by atoms with Crippen molar-refractivity contribution in [2.75, 3.05) is 9.80 Å². The molecule has 1 spiro atoms. The van der Waals surface area contributed by atoms with Crippen LogP contribution < -0.4 is 26.2 Å². The molecule has 44 heavy (non-hydrogen) atoms. The lowest BCUT2D eigenvalue weighted by molar-refractivity contribution is -0.0341. The molecule has 3 aliphatic heterocycles. The van der Waals surface area contributed by atoms with Crippen LogP contribution in [0.5, 0.6) is 0 Å². The third-order valence-corrected chi connectivity index (χ3v) is 12.8. The fraction of sp³-hybridized carbons (Fsp3) is 0.268. The van der Waals surface area contributed by atoms with Gasteiger partial charge in [0.15, 0.2) is 0 Å². The summed E-state index contributed by atoms with van der Waals surface area (Å²) < 4.78 is 0. The first-order chi connectivity index (χ1) is 21.8. The zero-order chi connectivity index (χ0) is 28.6. The molecule has 3 saturated carbocycles. The van der Waals surface area contributed by atoms with Gasteiger partial charge in [0.25, 0.3) is 6.71 Å². The standard InChI is InChI=1S/C41H35BN2/c1-2-10-29(11-3-1)43-36-17-7-5-14-33(36)42-34-15-8-13-31-40(34)44(38-19-9-18-37(43)39(38)42)35-16-6-4-12-30(35)41(31)28-23-22-27-21-20-26(24-28)25-32(27)41/h1-19,26-28,32H,20-25H2. The van der Waals surface area contributed by atoms with E-state index in [1.54, 1.807) is 11.1 Å². The summed E-state index contributed by atoms with van der Waals surface area (Å²) in [5.74, 6) is 3.27. The minimum absolute atomic E-state index is 0.123. The molecule has 3 heterocycles. The van der Waals surface area contributed by atoms with E-state index in [4.69, 9.17) is 0 Å². The van der Waals surface area contributed by atoms with Crippen LogP contribution in [0.25, 0.3) is 0 Å². The Morgan fingerprint density at radius 1 is 0.545 bits per heavy atom. The molecule has 3 fully saturated rings. The van der Waals surface area contributed by atoms with Gasteiger partial charge in [0.1, 0.15) is 0 Å². The van der Waals surface area contributed by atoms with Crippen molar-refractivity contribution in [3.63, 3.8) is 0 Å². The number of para-hydroxylation sites is 4. The molecule has 3 bridgehead atoms. The molecule has 11 rings (SSSR count). The molecule has 0 saturated heterocycles. The van der Waals surface area contributed by atoms with E-state index in [2.05, 4.69) is 125 Å². The van der Waals surface area contributed by atoms with Gasteiger partial charge in [0.2, 0.25) is 0 Å². The van der Waals surface area contributed by atoms with Crippen molar-refractivity contribution >= 4 is 57.2 Å². The van der Waals surface area contributed by atoms with Gasteiger partial charge in [-0.15, -0.1) is 0 Å². The first kappa shape index (κ1) is 24.1. The van der Waals surface area contributed by atoms with E-state index in [1.807, 2.05) is 0 Å². The van der Waals surface area contributed by atoms with Crippen molar-refractivity contribution in [3.8, 4) is 0 Å². The van der Waals surface area contributed by atoms with Crippen LogP contribution in [0.15, 0.2) is 115 Å². The van der Waals surface area contributed by atoms with Gasteiger partial charge >= 0.3 is 0 Å². The summed E-state index contributed by atoms with van der Waals surface area (Å²) in [6, 6.07) is 44.2. The van der Waals surface area contributed by atoms with Gasteiger partial charge in [-0.1, -0.05) is 85.3 Å². The summed E-state index contributed by atoms with van der Waals surface area (Å²) >= 11 is 0. The second-order valence-electron chi connectivity index (χ2n) is 14.4. The van der Waals surface area contributed by atoms with E-state index in [-0.39, 0.29) is 12.1 Å². The molecule has 212 valence electrons. The number of hydrogen-bond donors (Lipinski definition) is 0. The fourth-order valence-electron chi connectivity index (χ4n) is 11.5. The number of nitrogens with zero attached hydrogens (tertiary/aromatic N) is 2. The second-order valence-corrected chi connectivity index (χ2v) is 14.4. The summed E-state index contributed by atoms with van der Waals surface area (Å²) in [5, 5.41) is 0. The van der Waals surface area contributed by atoms with E-state index in [1.165, 1.54) is 89.0 Å². The molecule has 3 heteroatoms. The van der Waals surface area contributed by atoms with Crippen LogP contribution in [0.4, 0.5) is 34.1 Å². The predicted octanol–water partition coefficient (Wildman–Crippen LogP) is 8.21. The Hall–Kier alpha value is -4.24. The number of anilines is 6. The molecule has 0 N–H and O–H groups in total. The molecule has 5 aromatic carbocycles. The molecule has 0 amide bonds. The molecule has 5 atom stereocenters. The molecule has 5 aromatic rings. The van der Waals surface area contributed by atoms with Crippen molar-refractivity contribution in [2.24, 2.45) is 23.7 Å². The van der Waals surface area contributed by atoms with E-state index >= 15 is 0 Å². The first-order valence-electron chi connectivity index (χ1n) is 16.9. The third kappa shape index (κ3) is 2.77. The normalized spacial score (nSPS) is 27.9. The molecule has 0 radical (unpaired) electrons. The van der Waals surface area contributed by atoms with E-state index in [0.29, 0.717) is 0 Å². The van der Waals surface area contributed by atoms with Gasteiger partial charge in [-0.05, 0) is 120 Å². The lowest BCUT2D eigenvalue weighted by atomic mass is 9.32. The molecule has 5 unspecified atom stereocenters. The number of fused-ring (bicyclic) bond motifs is 7. The zero-order valence-corrected chi connectivity index (χ0v) is 25.0. The largest absolute Gasteiger partial charge is 0.311 e. The SMILES string of the molecule is c1ccc(N2c3ccccc3B3c4cccc5c4N(c4ccccc4C54C5CCC6CCC(C5)CC64)c4cccc2c43)cc1. The van der Waals surface area contributed by atoms with Crippen molar-refractivity contribution in [3.05, 3.63) is 126 Å². The highest BCUT2D eigenvalue weighted by atomic mass is 15.2. The smallest absolute Gasteiger partial charge is 0.252 e. The van der Waals surface area contributed by atoms with Crippen molar-refractivity contribution in [2.45, 2.75) is 43.9 Å². The van der Waals surface area contributed by atoms with Crippen LogP contribution in [0, 0.1) is 23.7 Å². The molecule has 3 aliphatic carbocycles. The summed E-state index contributed by atoms with van der Waals surface area (Å²) in [4.78, 5) is 5.19. The van der Waals surface area contributed by atoms with Gasteiger partial charge in [-0.2, -0.15) is 0 Å². The number of hydrogen-bond acceptors (Lipinski definition) is 2. The van der Waals surface area contributed by atoms with Crippen LogP contribution in [0.2, 0.25) is 0 Å². The zero-order valence-electron chi connectivity index (χ0n) is 25.0. The number of benzene rings is 5. The average Bonchev–Trinajstić information content (AvgIpc) is 3.07. The highest BCUT2D eigenvalue weighted by Crippen LogP contribution is 2.69.